The lowest BCUT2D eigenvalue weighted by molar-refractivity contribution is -0.129. The van der Waals surface area contributed by atoms with E-state index in [1.807, 2.05) is 17.2 Å². The van der Waals surface area contributed by atoms with Gasteiger partial charge in [-0.05, 0) is 37.4 Å². The van der Waals surface area contributed by atoms with E-state index in [-0.39, 0.29) is 5.91 Å². The molecule has 1 fully saturated rings. The first-order valence-electron chi connectivity index (χ1n) is 6.63. The Morgan fingerprint density at radius 2 is 2.28 bits per heavy atom. The summed E-state index contributed by atoms with van der Waals surface area (Å²) in [4.78, 5) is 17.2. The van der Waals surface area contributed by atoms with Gasteiger partial charge in [0.25, 0.3) is 0 Å². The number of likely N-dealkylation sites (tertiary alicyclic amines) is 1. The Morgan fingerprint density at radius 1 is 1.50 bits per heavy atom. The Balaban J connectivity index is 1.65. The van der Waals surface area contributed by atoms with E-state index < -0.39 is 0 Å². The summed E-state index contributed by atoms with van der Waals surface area (Å²) in [5.41, 5.74) is 1.27. The van der Waals surface area contributed by atoms with Gasteiger partial charge in [0.1, 0.15) is 0 Å². The molecule has 4 heteroatoms. The molecule has 1 aliphatic heterocycles. The number of rotatable bonds is 4. The van der Waals surface area contributed by atoms with Gasteiger partial charge in [0.15, 0.2) is 0 Å². The Labute approximate surface area is 108 Å². The van der Waals surface area contributed by atoms with Crippen LogP contribution >= 0.6 is 0 Å². The molecule has 1 aliphatic rings. The number of pyridine rings is 1. The van der Waals surface area contributed by atoms with Crippen LogP contribution in [0.25, 0.3) is 0 Å². The average Bonchev–Trinajstić information content (AvgIpc) is 2.40. The van der Waals surface area contributed by atoms with Crippen LogP contribution in [-0.4, -0.2) is 41.5 Å². The van der Waals surface area contributed by atoms with Gasteiger partial charge in [0.2, 0.25) is 5.91 Å². The van der Waals surface area contributed by atoms with Gasteiger partial charge in [0, 0.05) is 38.4 Å². The predicted molar refractivity (Wildman–Crippen MR) is 71.2 cm³/mol. The standard InChI is InChI=1S/C14H21N3O/c1-12(18)17-9-5-14(6-10-17)16-8-4-13-3-2-7-15-11-13/h2-3,7,11,14,16H,4-6,8-10H2,1H3. The van der Waals surface area contributed by atoms with Gasteiger partial charge in [-0.25, -0.2) is 0 Å². The second-order valence-electron chi connectivity index (χ2n) is 4.85. The quantitative estimate of drug-likeness (QED) is 0.870. The Morgan fingerprint density at radius 3 is 2.89 bits per heavy atom. The molecule has 1 N–H and O–H groups in total. The van der Waals surface area contributed by atoms with Crippen LogP contribution in [-0.2, 0) is 11.2 Å². The fraction of sp³-hybridized carbons (Fsp3) is 0.571. The number of carbonyl (C=O) groups excluding carboxylic acids is 1. The highest BCUT2D eigenvalue weighted by atomic mass is 16.2. The van der Waals surface area contributed by atoms with Crippen molar-refractivity contribution in [3.8, 4) is 0 Å². The summed E-state index contributed by atoms with van der Waals surface area (Å²) in [5.74, 6) is 0.198. The summed E-state index contributed by atoms with van der Waals surface area (Å²) in [5, 5.41) is 3.56. The molecule has 1 aromatic heterocycles. The lowest BCUT2D eigenvalue weighted by Gasteiger charge is -2.31. The van der Waals surface area contributed by atoms with E-state index in [0.717, 1.165) is 38.9 Å². The molecule has 0 saturated carbocycles. The molecule has 0 unspecified atom stereocenters. The zero-order valence-electron chi connectivity index (χ0n) is 10.9. The van der Waals surface area contributed by atoms with Crippen molar-refractivity contribution in [2.45, 2.75) is 32.2 Å². The van der Waals surface area contributed by atoms with E-state index in [0.29, 0.717) is 6.04 Å². The van der Waals surface area contributed by atoms with Gasteiger partial charge >= 0.3 is 0 Å². The van der Waals surface area contributed by atoms with Crippen LogP contribution in [0.4, 0.5) is 0 Å². The highest BCUT2D eigenvalue weighted by molar-refractivity contribution is 5.73. The first-order chi connectivity index (χ1) is 8.75. The van der Waals surface area contributed by atoms with Gasteiger partial charge in [-0.3, -0.25) is 9.78 Å². The average molecular weight is 247 g/mol. The molecule has 1 aromatic rings. The third-order valence-corrected chi connectivity index (χ3v) is 3.51. The van der Waals surface area contributed by atoms with Gasteiger partial charge in [-0.15, -0.1) is 0 Å². The molecule has 0 radical (unpaired) electrons. The van der Waals surface area contributed by atoms with Gasteiger partial charge in [-0.2, -0.15) is 0 Å². The SMILES string of the molecule is CC(=O)N1CCC(NCCc2cccnc2)CC1. The number of carbonyl (C=O) groups is 1. The summed E-state index contributed by atoms with van der Waals surface area (Å²) < 4.78 is 0. The van der Waals surface area contributed by atoms with Crippen LogP contribution < -0.4 is 5.32 Å². The van der Waals surface area contributed by atoms with Crippen molar-refractivity contribution in [2.24, 2.45) is 0 Å². The normalized spacial score (nSPS) is 16.8. The lowest BCUT2D eigenvalue weighted by atomic mass is 10.0. The van der Waals surface area contributed by atoms with E-state index in [4.69, 9.17) is 0 Å². The van der Waals surface area contributed by atoms with Crippen LogP contribution in [0.2, 0.25) is 0 Å². The Hall–Kier alpha value is -1.42. The monoisotopic (exact) mass is 247 g/mol. The molecular formula is C14H21N3O. The highest BCUT2D eigenvalue weighted by Gasteiger charge is 2.19. The smallest absolute Gasteiger partial charge is 0.219 e. The number of amides is 1. The number of aromatic nitrogens is 1. The topological polar surface area (TPSA) is 45.2 Å². The van der Waals surface area contributed by atoms with E-state index in [1.165, 1.54) is 5.56 Å². The van der Waals surface area contributed by atoms with Gasteiger partial charge in [0.05, 0.1) is 0 Å². The maximum atomic E-state index is 11.2. The van der Waals surface area contributed by atoms with Crippen LogP contribution in [0.5, 0.6) is 0 Å². The highest BCUT2D eigenvalue weighted by Crippen LogP contribution is 2.10. The van der Waals surface area contributed by atoms with E-state index in [2.05, 4.69) is 16.4 Å². The third-order valence-electron chi connectivity index (χ3n) is 3.51. The zero-order chi connectivity index (χ0) is 12.8. The number of hydrogen-bond donors (Lipinski definition) is 1. The fourth-order valence-corrected chi connectivity index (χ4v) is 2.37. The largest absolute Gasteiger partial charge is 0.343 e. The molecule has 0 spiro atoms. The molecule has 0 aliphatic carbocycles. The molecule has 4 nitrogen and oxygen atoms in total. The molecule has 0 atom stereocenters. The van der Waals surface area contributed by atoms with Crippen LogP contribution in [0, 0.1) is 0 Å². The molecule has 18 heavy (non-hydrogen) atoms. The van der Waals surface area contributed by atoms with Crippen molar-refractivity contribution in [3.05, 3.63) is 30.1 Å². The lowest BCUT2D eigenvalue weighted by Crippen LogP contribution is -2.44. The van der Waals surface area contributed by atoms with Crippen molar-refractivity contribution < 1.29 is 4.79 Å². The summed E-state index contributed by atoms with van der Waals surface area (Å²) in [7, 11) is 0. The zero-order valence-corrected chi connectivity index (χ0v) is 10.9. The van der Waals surface area contributed by atoms with Gasteiger partial charge in [-0.1, -0.05) is 6.07 Å². The molecule has 98 valence electrons. The summed E-state index contributed by atoms with van der Waals surface area (Å²) in [6, 6.07) is 4.63. The minimum absolute atomic E-state index is 0.198. The van der Waals surface area contributed by atoms with Crippen molar-refractivity contribution in [1.82, 2.24) is 15.2 Å². The van der Waals surface area contributed by atoms with Crippen molar-refractivity contribution in [1.29, 1.82) is 0 Å². The van der Waals surface area contributed by atoms with Crippen molar-refractivity contribution in [3.63, 3.8) is 0 Å². The molecule has 2 heterocycles. The van der Waals surface area contributed by atoms with Crippen molar-refractivity contribution in [2.75, 3.05) is 19.6 Å². The van der Waals surface area contributed by atoms with Crippen LogP contribution in [0.1, 0.15) is 25.3 Å². The van der Waals surface area contributed by atoms with E-state index in [1.54, 1.807) is 13.1 Å². The minimum Gasteiger partial charge on any atom is -0.343 e. The molecular weight excluding hydrogens is 226 g/mol. The third kappa shape index (κ3) is 3.81. The maximum absolute atomic E-state index is 11.2. The molecule has 1 saturated heterocycles. The number of piperidine rings is 1. The van der Waals surface area contributed by atoms with Crippen molar-refractivity contribution >= 4 is 5.91 Å². The van der Waals surface area contributed by atoms with Crippen LogP contribution in [0.3, 0.4) is 0 Å². The van der Waals surface area contributed by atoms with Gasteiger partial charge < -0.3 is 10.2 Å². The molecule has 0 bridgehead atoms. The summed E-state index contributed by atoms with van der Waals surface area (Å²) in [6.07, 6.45) is 6.86. The summed E-state index contributed by atoms with van der Waals surface area (Å²) >= 11 is 0. The Kier molecular flexibility index (Phi) is 4.70. The van der Waals surface area contributed by atoms with Crippen LogP contribution in [0.15, 0.2) is 24.5 Å². The summed E-state index contributed by atoms with van der Waals surface area (Å²) in [6.45, 7) is 4.41. The number of nitrogens with zero attached hydrogens (tertiary/aromatic N) is 2. The Bertz CT molecular complexity index is 372. The fourth-order valence-electron chi connectivity index (χ4n) is 2.37. The van der Waals surface area contributed by atoms with E-state index >= 15 is 0 Å². The first kappa shape index (κ1) is 13.0. The predicted octanol–water partition coefficient (Wildman–Crippen LogP) is 1.22. The maximum Gasteiger partial charge on any atom is 0.219 e. The second-order valence-corrected chi connectivity index (χ2v) is 4.85. The molecule has 2 rings (SSSR count). The number of nitrogens with one attached hydrogen (secondary N) is 1. The number of hydrogen-bond acceptors (Lipinski definition) is 3. The van der Waals surface area contributed by atoms with E-state index in [9.17, 15) is 4.79 Å². The molecule has 1 amide bonds. The molecule has 0 aromatic carbocycles. The minimum atomic E-state index is 0.198. The second kappa shape index (κ2) is 6.50. The first-order valence-corrected chi connectivity index (χ1v) is 6.63.